The number of nitrogens with zero attached hydrogens (tertiary/aromatic N) is 6. The van der Waals surface area contributed by atoms with Crippen LogP contribution in [0.15, 0.2) is 53.7 Å². The highest BCUT2D eigenvalue weighted by molar-refractivity contribution is 5.88. The molecule has 3 heterocycles. The first-order valence-electron chi connectivity index (χ1n) is 8.29. The molecule has 0 aliphatic heterocycles. The van der Waals surface area contributed by atoms with Crippen LogP contribution in [0, 0.1) is 5.82 Å². The molecule has 0 spiro atoms. The van der Waals surface area contributed by atoms with Crippen LogP contribution in [0.4, 0.5) is 10.2 Å². The van der Waals surface area contributed by atoms with E-state index in [0.717, 1.165) is 0 Å². The lowest BCUT2D eigenvalue weighted by molar-refractivity contribution is 0.628. The molecule has 0 fully saturated rings. The van der Waals surface area contributed by atoms with Gasteiger partial charge in [-0.3, -0.25) is 9.36 Å². The molecule has 8 heteroatoms. The van der Waals surface area contributed by atoms with E-state index in [0.29, 0.717) is 34.1 Å². The van der Waals surface area contributed by atoms with E-state index in [4.69, 9.17) is 4.98 Å². The van der Waals surface area contributed by atoms with E-state index >= 15 is 0 Å². The predicted octanol–water partition coefficient (Wildman–Crippen LogP) is 2.39. The summed E-state index contributed by atoms with van der Waals surface area (Å²) in [6, 6.07) is 9.39. The Morgan fingerprint density at radius 1 is 1.11 bits per heavy atom. The van der Waals surface area contributed by atoms with Crippen molar-refractivity contribution in [3.8, 4) is 17.1 Å². The number of fused-ring (bicyclic) bond motifs is 1. The second-order valence-electron chi connectivity index (χ2n) is 6.38. The van der Waals surface area contributed by atoms with Crippen molar-refractivity contribution in [3.05, 3.63) is 65.1 Å². The molecule has 0 atom stereocenters. The molecule has 136 valence electrons. The normalized spacial score (nSPS) is 11.1. The summed E-state index contributed by atoms with van der Waals surface area (Å²) in [6.07, 6.45) is 3.16. The molecule has 27 heavy (non-hydrogen) atoms. The number of anilines is 1. The van der Waals surface area contributed by atoms with E-state index in [9.17, 15) is 9.18 Å². The van der Waals surface area contributed by atoms with Crippen molar-refractivity contribution in [2.24, 2.45) is 7.05 Å². The Labute approximate surface area is 154 Å². The predicted molar refractivity (Wildman–Crippen MR) is 102 cm³/mol. The van der Waals surface area contributed by atoms with Crippen molar-refractivity contribution in [3.63, 3.8) is 0 Å². The lowest BCUT2D eigenvalue weighted by atomic mass is 10.2. The summed E-state index contributed by atoms with van der Waals surface area (Å²) >= 11 is 0. The van der Waals surface area contributed by atoms with Crippen LogP contribution in [-0.2, 0) is 7.05 Å². The summed E-state index contributed by atoms with van der Waals surface area (Å²) in [5.41, 5.74) is 2.34. The van der Waals surface area contributed by atoms with Crippen molar-refractivity contribution < 1.29 is 4.39 Å². The molecule has 0 amide bonds. The lowest BCUT2D eigenvalue weighted by Crippen LogP contribution is -2.16. The van der Waals surface area contributed by atoms with Gasteiger partial charge in [0, 0.05) is 39.0 Å². The summed E-state index contributed by atoms with van der Waals surface area (Å²) in [6.45, 7) is 0. The SMILES string of the molecule is CN(C)c1ncnc2c1nc(-c1cccc(F)c1)n2-c1ccc(=O)n(C)c1. The van der Waals surface area contributed by atoms with Gasteiger partial charge in [-0.05, 0) is 18.2 Å². The molecule has 7 nitrogen and oxygen atoms in total. The number of rotatable bonds is 3. The zero-order chi connectivity index (χ0) is 19.1. The van der Waals surface area contributed by atoms with Gasteiger partial charge < -0.3 is 9.47 Å². The second-order valence-corrected chi connectivity index (χ2v) is 6.38. The molecule has 0 aliphatic carbocycles. The lowest BCUT2D eigenvalue weighted by Gasteiger charge is -2.11. The van der Waals surface area contributed by atoms with Gasteiger partial charge in [-0.25, -0.2) is 19.3 Å². The third-order valence-corrected chi connectivity index (χ3v) is 4.26. The molecule has 0 N–H and O–H groups in total. The van der Waals surface area contributed by atoms with E-state index in [2.05, 4.69) is 9.97 Å². The first-order chi connectivity index (χ1) is 13.0. The van der Waals surface area contributed by atoms with Gasteiger partial charge in [0.15, 0.2) is 17.0 Å². The van der Waals surface area contributed by atoms with Crippen molar-refractivity contribution in [1.29, 1.82) is 0 Å². The van der Waals surface area contributed by atoms with Crippen molar-refractivity contribution >= 4 is 17.0 Å². The number of aryl methyl sites for hydroxylation is 1. The summed E-state index contributed by atoms with van der Waals surface area (Å²) in [5.74, 6) is 0.818. The van der Waals surface area contributed by atoms with Crippen molar-refractivity contribution in [1.82, 2.24) is 24.1 Å². The van der Waals surface area contributed by atoms with E-state index in [1.807, 2.05) is 19.0 Å². The standard InChI is InChI=1S/C19H17FN6O/c1-24(2)18-16-19(22-11-21-18)26(14-7-8-15(27)25(3)10-14)17(23-16)12-5-4-6-13(20)9-12/h4-11H,1-3H3. The largest absolute Gasteiger partial charge is 0.361 e. The molecule has 0 aliphatic rings. The first-order valence-corrected chi connectivity index (χ1v) is 8.29. The highest BCUT2D eigenvalue weighted by atomic mass is 19.1. The van der Waals surface area contributed by atoms with Gasteiger partial charge in [-0.15, -0.1) is 0 Å². The minimum Gasteiger partial charge on any atom is -0.361 e. The Bertz CT molecular complexity index is 1210. The molecular weight excluding hydrogens is 347 g/mol. The highest BCUT2D eigenvalue weighted by Gasteiger charge is 2.20. The highest BCUT2D eigenvalue weighted by Crippen LogP contribution is 2.30. The number of imidazole rings is 1. The maximum atomic E-state index is 13.8. The van der Waals surface area contributed by atoms with Crippen LogP contribution in [0.2, 0.25) is 0 Å². The van der Waals surface area contributed by atoms with Crippen molar-refractivity contribution in [2.45, 2.75) is 0 Å². The van der Waals surface area contributed by atoms with Crippen LogP contribution in [-0.4, -0.2) is 38.2 Å². The summed E-state index contributed by atoms with van der Waals surface area (Å²) in [4.78, 5) is 27.1. The Balaban J connectivity index is 2.10. The Hall–Kier alpha value is -3.55. The first kappa shape index (κ1) is 16.9. The van der Waals surface area contributed by atoms with Crippen LogP contribution < -0.4 is 10.5 Å². The minimum atomic E-state index is -0.356. The van der Waals surface area contributed by atoms with Gasteiger partial charge in [0.05, 0.1) is 5.69 Å². The van der Waals surface area contributed by atoms with Crippen LogP contribution in [0.1, 0.15) is 0 Å². The van der Waals surface area contributed by atoms with Crippen LogP contribution in [0.5, 0.6) is 0 Å². The van der Waals surface area contributed by atoms with Gasteiger partial charge in [0.1, 0.15) is 18.0 Å². The number of halogens is 1. The molecule has 0 bridgehead atoms. The average molecular weight is 364 g/mol. The summed E-state index contributed by atoms with van der Waals surface area (Å²) in [5, 5.41) is 0. The van der Waals surface area contributed by atoms with Gasteiger partial charge in [0.2, 0.25) is 5.56 Å². The Morgan fingerprint density at radius 2 is 1.93 bits per heavy atom. The zero-order valence-corrected chi connectivity index (χ0v) is 15.1. The van der Waals surface area contributed by atoms with Gasteiger partial charge in [0.25, 0.3) is 0 Å². The third kappa shape index (κ3) is 2.84. The van der Waals surface area contributed by atoms with Crippen LogP contribution in [0.3, 0.4) is 0 Å². The number of hydrogen-bond donors (Lipinski definition) is 0. The van der Waals surface area contributed by atoms with E-state index in [1.165, 1.54) is 29.1 Å². The van der Waals surface area contributed by atoms with Crippen molar-refractivity contribution in [2.75, 3.05) is 19.0 Å². The maximum absolute atomic E-state index is 13.8. The van der Waals surface area contributed by atoms with Gasteiger partial charge in [-0.1, -0.05) is 12.1 Å². The molecule has 4 rings (SSSR count). The third-order valence-electron chi connectivity index (χ3n) is 4.26. The number of pyridine rings is 1. The van der Waals surface area contributed by atoms with E-state index < -0.39 is 0 Å². The Kier molecular flexibility index (Phi) is 3.95. The quantitative estimate of drug-likeness (QED) is 0.558. The van der Waals surface area contributed by atoms with Crippen LogP contribution in [0.25, 0.3) is 28.2 Å². The number of aromatic nitrogens is 5. The fraction of sp³-hybridized carbons (Fsp3) is 0.158. The molecule has 0 saturated carbocycles. The molecule has 4 aromatic rings. The molecule has 3 aromatic heterocycles. The smallest absolute Gasteiger partial charge is 0.250 e. The zero-order valence-electron chi connectivity index (χ0n) is 15.1. The summed E-state index contributed by atoms with van der Waals surface area (Å²) in [7, 11) is 5.41. The molecule has 0 saturated heterocycles. The average Bonchev–Trinajstić information content (AvgIpc) is 3.03. The fourth-order valence-corrected chi connectivity index (χ4v) is 2.99. The minimum absolute atomic E-state index is 0.126. The fourth-order valence-electron chi connectivity index (χ4n) is 2.99. The maximum Gasteiger partial charge on any atom is 0.250 e. The molecular formula is C19H17FN6O. The van der Waals surface area contributed by atoms with Crippen LogP contribution >= 0.6 is 0 Å². The van der Waals surface area contributed by atoms with Gasteiger partial charge >= 0.3 is 0 Å². The molecule has 0 unspecified atom stereocenters. The second kappa shape index (κ2) is 6.31. The van der Waals surface area contributed by atoms with E-state index in [1.54, 1.807) is 36.0 Å². The summed E-state index contributed by atoms with van der Waals surface area (Å²) < 4.78 is 17.1. The number of hydrogen-bond acceptors (Lipinski definition) is 5. The Morgan fingerprint density at radius 3 is 2.63 bits per heavy atom. The van der Waals surface area contributed by atoms with Gasteiger partial charge in [-0.2, -0.15) is 0 Å². The molecule has 1 aromatic carbocycles. The molecule has 0 radical (unpaired) electrons. The number of benzene rings is 1. The van der Waals surface area contributed by atoms with E-state index in [-0.39, 0.29) is 11.4 Å². The monoisotopic (exact) mass is 364 g/mol. The topological polar surface area (TPSA) is 68.8 Å².